The number of rotatable bonds is 5. The van der Waals surface area contributed by atoms with Crippen LogP contribution in [0.3, 0.4) is 0 Å². The predicted molar refractivity (Wildman–Crippen MR) is 78.0 cm³/mol. The van der Waals surface area contributed by atoms with Gasteiger partial charge in [0.1, 0.15) is 0 Å². The lowest BCUT2D eigenvalue weighted by Crippen LogP contribution is -2.50. The normalized spacial score (nSPS) is 23.7. The number of hydrogen-bond acceptors (Lipinski definition) is 4. The summed E-state index contributed by atoms with van der Waals surface area (Å²) < 4.78 is 2.05. The molecule has 2 rings (SSSR count). The van der Waals surface area contributed by atoms with Gasteiger partial charge in [-0.05, 0) is 33.0 Å². The summed E-state index contributed by atoms with van der Waals surface area (Å²) in [5.74, 6) is 0. The van der Waals surface area contributed by atoms with Crippen molar-refractivity contribution in [2.45, 2.75) is 38.4 Å². The zero-order valence-electron chi connectivity index (χ0n) is 12.4. The van der Waals surface area contributed by atoms with E-state index in [0.717, 1.165) is 39.0 Å². The van der Waals surface area contributed by atoms with Gasteiger partial charge in [0.2, 0.25) is 0 Å². The van der Waals surface area contributed by atoms with E-state index in [1.807, 2.05) is 6.20 Å². The van der Waals surface area contributed by atoms with E-state index in [0.29, 0.717) is 6.04 Å². The number of nitrogens with zero attached hydrogens (tertiary/aromatic N) is 4. The van der Waals surface area contributed by atoms with Crippen molar-refractivity contribution in [3.8, 4) is 0 Å². The van der Waals surface area contributed by atoms with Crippen LogP contribution in [0, 0.1) is 0 Å². The smallest absolute Gasteiger partial charge is 0.0552 e. The molecule has 2 unspecified atom stereocenters. The van der Waals surface area contributed by atoms with Gasteiger partial charge in [-0.25, -0.2) is 0 Å². The van der Waals surface area contributed by atoms with Crippen LogP contribution in [0.1, 0.15) is 31.5 Å². The Hall–Kier alpha value is -0.910. The van der Waals surface area contributed by atoms with E-state index in [1.54, 1.807) is 0 Å². The van der Waals surface area contributed by atoms with E-state index in [4.69, 9.17) is 5.73 Å². The van der Waals surface area contributed by atoms with Gasteiger partial charge in [0, 0.05) is 44.5 Å². The summed E-state index contributed by atoms with van der Waals surface area (Å²) in [6.07, 6.45) is 3.95. The van der Waals surface area contributed by atoms with Crippen LogP contribution < -0.4 is 5.73 Å². The molecule has 2 atom stereocenters. The highest BCUT2D eigenvalue weighted by Crippen LogP contribution is 2.20. The van der Waals surface area contributed by atoms with Crippen LogP contribution >= 0.6 is 0 Å². The van der Waals surface area contributed by atoms with Gasteiger partial charge in [0.25, 0.3) is 0 Å². The highest BCUT2D eigenvalue weighted by atomic mass is 15.3. The number of likely N-dealkylation sites (N-methyl/N-ethyl adjacent to an activating group) is 2. The predicted octanol–water partition coefficient (Wildman–Crippen LogP) is 0.929. The van der Waals surface area contributed by atoms with E-state index in [-0.39, 0.29) is 6.04 Å². The fraction of sp³-hybridized carbons (Fsp3) is 0.786. The third-order valence-electron chi connectivity index (χ3n) is 4.07. The third-order valence-corrected chi connectivity index (χ3v) is 4.07. The van der Waals surface area contributed by atoms with Crippen LogP contribution in [0.15, 0.2) is 12.3 Å². The van der Waals surface area contributed by atoms with E-state index < -0.39 is 0 Å². The molecule has 1 saturated heterocycles. The lowest BCUT2D eigenvalue weighted by atomic mass is 10.0. The van der Waals surface area contributed by atoms with Gasteiger partial charge in [0.05, 0.1) is 5.69 Å². The second-order valence-electron chi connectivity index (χ2n) is 5.72. The molecule has 0 bridgehead atoms. The molecule has 1 aliphatic heterocycles. The Morgan fingerprint density at radius 1 is 1.42 bits per heavy atom. The maximum absolute atomic E-state index is 6.40. The number of hydrogen-bond donors (Lipinski definition) is 1. The topological polar surface area (TPSA) is 50.3 Å². The molecule has 1 aliphatic rings. The van der Waals surface area contributed by atoms with Gasteiger partial charge in [-0.3, -0.25) is 4.68 Å². The summed E-state index contributed by atoms with van der Waals surface area (Å²) in [4.78, 5) is 4.82. The van der Waals surface area contributed by atoms with Gasteiger partial charge >= 0.3 is 0 Å². The molecular formula is C14H27N5. The van der Waals surface area contributed by atoms with Gasteiger partial charge in [-0.1, -0.05) is 6.92 Å². The zero-order valence-corrected chi connectivity index (χ0v) is 12.4. The first-order chi connectivity index (χ1) is 9.11. The van der Waals surface area contributed by atoms with E-state index >= 15 is 0 Å². The largest absolute Gasteiger partial charge is 0.323 e. The SMILES string of the molecule is CCCn1nccc1C(N)CC1CN(C)CCN1C. The Bertz CT molecular complexity index is 389. The number of piperazine rings is 1. The van der Waals surface area contributed by atoms with Crippen molar-refractivity contribution in [1.29, 1.82) is 0 Å². The Morgan fingerprint density at radius 3 is 2.95 bits per heavy atom. The quantitative estimate of drug-likeness (QED) is 0.860. The molecule has 5 nitrogen and oxygen atoms in total. The van der Waals surface area contributed by atoms with Crippen molar-refractivity contribution in [2.75, 3.05) is 33.7 Å². The molecule has 1 aromatic heterocycles. The first-order valence-electron chi connectivity index (χ1n) is 7.28. The summed E-state index contributed by atoms with van der Waals surface area (Å²) in [7, 11) is 4.39. The number of nitrogens with two attached hydrogens (primary N) is 1. The standard InChI is InChI=1S/C14H27N5/c1-4-7-19-14(5-6-16-19)13(15)10-12-11-17(2)8-9-18(12)3/h5-6,12-13H,4,7-11,15H2,1-3H3. The second-order valence-corrected chi connectivity index (χ2v) is 5.72. The lowest BCUT2D eigenvalue weighted by Gasteiger charge is -2.38. The zero-order chi connectivity index (χ0) is 13.8. The van der Waals surface area contributed by atoms with Crippen molar-refractivity contribution in [3.05, 3.63) is 18.0 Å². The van der Waals surface area contributed by atoms with Crippen molar-refractivity contribution in [3.63, 3.8) is 0 Å². The highest BCUT2D eigenvalue weighted by molar-refractivity contribution is 5.07. The molecular weight excluding hydrogens is 238 g/mol. The van der Waals surface area contributed by atoms with Crippen LogP contribution in [0.4, 0.5) is 0 Å². The molecule has 0 radical (unpaired) electrons. The molecule has 0 aromatic carbocycles. The molecule has 0 amide bonds. The molecule has 19 heavy (non-hydrogen) atoms. The molecule has 5 heteroatoms. The molecule has 2 heterocycles. The summed E-state index contributed by atoms with van der Waals surface area (Å²) >= 11 is 0. The third kappa shape index (κ3) is 3.55. The summed E-state index contributed by atoms with van der Waals surface area (Å²) in [6.45, 7) is 6.50. The van der Waals surface area contributed by atoms with Crippen molar-refractivity contribution < 1.29 is 0 Å². The Morgan fingerprint density at radius 2 is 2.21 bits per heavy atom. The molecule has 0 spiro atoms. The molecule has 1 fully saturated rings. The van der Waals surface area contributed by atoms with Crippen molar-refractivity contribution in [2.24, 2.45) is 5.73 Å². The Labute approximate surface area is 116 Å². The fourth-order valence-electron chi connectivity index (χ4n) is 2.83. The minimum atomic E-state index is 0.0769. The molecule has 108 valence electrons. The van der Waals surface area contributed by atoms with Gasteiger partial charge in [0.15, 0.2) is 0 Å². The van der Waals surface area contributed by atoms with Crippen LogP contribution in [0.5, 0.6) is 0 Å². The monoisotopic (exact) mass is 265 g/mol. The van der Waals surface area contributed by atoms with Crippen LogP contribution in [-0.4, -0.2) is 59.4 Å². The van der Waals surface area contributed by atoms with Gasteiger partial charge in [-0.15, -0.1) is 0 Å². The Kier molecular flexibility index (Phi) is 4.96. The first kappa shape index (κ1) is 14.5. The van der Waals surface area contributed by atoms with E-state index in [9.17, 15) is 0 Å². The maximum atomic E-state index is 6.40. The van der Waals surface area contributed by atoms with E-state index in [2.05, 4.69) is 46.7 Å². The lowest BCUT2D eigenvalue weighted by molar-refractivity contribution is 0.103. The summed E-state index contributed by atoms with van der Waals surface area (Å²) in [5.41, 5.74) is 7.57. The number of aryl methyl sites for hydroxylation is 1. The van der Waals surface area contributed by atoms with Crippen LogP contribution in [-0.2, 0) is 6.54 Å². The second kappa shape index (κ2) is 6.50. The average molecular weight is 265 g/mol. The van der Waals surface area contributed by atoms with Crippen molar-refractivity contribution >= 4 is 0 Å². The number of aromatic nitrogens is 2. The fourth-order valence-corrected chi connectivity index (χ4v) is 2.83. The molecule has 2 N–H and O–H groups in total. The highest BCUT2D eigenvalue weighted by Gasteiger charge is 2.25. The van der Waals surface area contributed by atoms with Gasteiger partial charge < -0.3 is 15.5 Å². The molecule has 1 aromatic rings. The van der Waals surface area contributed by atoms with Crippen molar-refractivity contribution in [1.82, 2.24) is 19.6 Å². The Balaban J connectivity index is 1.99. The maximum Gasteiger partial charge on any atom is 0.0552 e. The summed E-state index contributed by atoms with van der Waals surface area (Å²) in [6, 6.07) is 2.68. The summed E-state index contributed by atoms with van der Waals surface area (Å²) in [5, 5.41) is 4.37. The molecule has 0 saturated carbocycles. The molecule has 0 aliphatic carbocycles. The van der Waals surface area contributed by atoms with E-state index in [1.165, 1.54) is 5.69 Å². The minimum Gasteiger partial charge on any atom is -0.323 e. The average Bonchev–Trinajstić information content (AvgIpc) is 2.82. The van der Waals surface area contributed by atoms with Gasteiger partial charge in [-0.2, -0.15) is 5.10 Å². The minimum absolute atomic E-state index is 0.0769. The van der Waals surface area contributed by atoms with Crippen LogP contribution in [0.2, 0.25) is 0 Å². The van der Waals surface area contributed by atoms with Crippen LogP contribution in [0.25, 0.3) is 0 Å². The first-order valence-corrected chi connectivity index (χ1v) is 7.28.